The van der Waals surface area contributed by atoms with Gasteiger partial charge in [-0.3, -0.25) is 9.20 Å². The number of nitrogens with zero attached hydrogens (tertiary/aromatic N) is 4. The number of amides is 1. The Hall–Kier alpha value is -3.88. The number of benzene rings is 1. The fraction of sp³-hybridized carbons (Fsp3) is 0.182. The van der Waals surface area contributed by atoms with Gasteiger partial charge in [0.05, 0.1) is 17.8 Å². The van der Waals surface area contributed by atoms with Gasteiger partial charge in [-0.05, 0) is 36.2 Å². The minimum absolute atomic E-state index is 0.118. The second-order valence-electron chi connectivity index (χ2n) is 7.08. The average molecular weight is 422 g/mol. The minimum atomic E-state index is -0.687. The molecule has 3 N–H and O–H groups in total. The smallest absolute Gasteiger partial charge is 0.254 e. The van der Waals surface area contributed by atoms with E-state index in [9.17, 15) is 13.6 Å². The SMILES string of the molecule is CCC[C@H](Nc1nc(-c2cnc3ccc(F)cn23)ncc1C(N)=O)c1ccc(F)cc1. The van der Waals surface area contributed by atoms with E-state index < -0.39 is 11.7 Å². The van der Waals surface area contributed by atoms with Crippen LogP contribution in [0.1, 0.15) is 41.7 Å². The molecule has 31 heavy (non-hydrogen) atoms. The Balaban J connectivity index is 1.77. The molecule has 1 amide bonds. The number of nitrogens with one attached hydrogen (secondary N) is 1. The Morgan fingerprint density at radius 2 is 1.84 bits per heavy atom. The van der Waals surface area contributed by atoms with Gasteiger partial charge in [0.1, 0.15) is 28.8 Å². The quantitative estimate of drug-likeness (QED) is 0.467. The van der Waals surface area contributed by atoms with Gasteiger partial charge < -0.3 is 11.1 Å². The second-order valence-corrected chi connectivity index (χ2v) is 7.08. The molecule has 3 aromatic heterocycles. The highest BCUT2D eigenvalue weighted by atomic mass is 19.1. The van der Waals surface area contributed by atoms with E-state index in [1.165, 1.54) is 41.2 Å². The van der Waals surface area contributed by atoms with Gasteiger partial charge in [0, 0.05) is 12.4 Å². The number of imidazole rings is 1. The maximum atomic E-state index is 13.7. The number of aromatic nitrogens is 4. The van der Waals surface area contributed by atoms with E-state index in [1.807, 2.05) is 6.92 Å². The monoisotopic (exact) mass is 422 g/mol. The normalized spacial score (nSPS) is 12.1. The number of primary amides is 1. The van der Waals surface area contributed by atoms with Crippen molar-refractivity contribution in [3.05, 3.63) is 77.8 Å². The number of pyridine rings is 1. The van der Waals surface area contributed by atoms with Crippen molar-refractivity contribution in [1.82, 2.24) is 19.4 Å². The van der Waals surface area contributed by atoms with Crippen LogP contribution < -0.4 is 11.1 Å². The first-order chi connectivity index (χ1) is 15.0. The molecule has 0 saturated heterocycles. The third-order valence-electron chi connectivity index (χ3n) is 4.91. The molecule has 1 aromatic carbocycles. The summed E-state index contributed by atoms with van der Waals surface area (Å²) in [6.07, 6.45) is 5.70. The van der Waals surface area contributed by atoms with E-state index in [0.29, 0.717) is 17.8 Å². The number of anilines is 1. The highest BCUT2D eigenvalue weighted by molar-refractivity contribution is 5.97. The largest absolute Gasteiger partial charge is 0.365 e. The fourth-order valence-electron chi connectivity index (χ4n) is 3.39. The van der Waals surface area contributed by atoms with Crippen molar-refractivity contribution in [2.45, 2.75) is 25.8 Å². The molecule has 3 heterocycles. The van der Waals surface area contributed by atoms with Crippen LogP contribution in [-0.2, 0) is 0 Å². The molecule has 1 atom stereocenters. The summed E-state index contributed by atoms with van der Waals surface area (Å²) in [4.78, 5) is 25.0. The topological polar surface area (TPSA) is 98.2 Å². The van der Waals surface area contributed by atoms with E-state index in [0.717, 1.165) is 12.0 Å². The molecule has 0 saturated carbocycles. The van der Waals surface area contributed by atoms with Gasteiger partial charge in [0.2, 0.25) is 0 Å². The van der Waals surface area contributed by atoms with Crippen LogP contribution in [0.2, 0.25) is 0 Å². The van der Waals surface area contributed by atoms with Gasteiger partial charge in [-0.15, -0.1) is 0 Å². The summed E-state index contributed by atoms with van der Waals surface area (Å²) in [6.45, 7) is 2.02. The summed E-state index contributed by atoms with van der Waals surface area (Å²) in [6, 6.07) is 8.76. The zero-order valence-corrected chi connectivity index (χ0v) is 16.7. The van der Waals surface area contributed by atoms with Crippen LogP contribution >= 0.6 is 0 Å². The molecule has 0 bridgehead atoms. The number of hydrogen-bond acceptors (Lipinski definition) is 5. The lowest BCUT2D eigenvalue weighted by atomic mass is 10.0. The number of hydrogen-bond donors (Lipinski definition) is 2. The number of halogens is 2. The summed E-state index contributed by atoms with van der Waals surface area (Å²) in [5, 5.41) is 3.25. The van der Waals surface area contributed by atoms with Gasteiger partial charge in [-0.25, -0.2) is 23.7 Å². The molecule has 9 heteroatoms. The molecule has 0 radical (unpaired) electrons. The molecule has 4 rings (SSSR count). The van der Waals surface area contributed by atoms with Crippen LogP contribution in [0.5, 0.6) is 0 Å². The Labute approximate surface area is 177 Å². The number of carbonyl (C=O) groups excluding carboxylic acids is 1. The summed E-state index contributed by atoms with van der Waals surface area (Å²) in [7, 11) is 0. The van der Waals surface area contributed by atoms with Crippen molar-refractivity contribution in [2.75, 3.05) is 5.32 Å². The molecule has 0 aliphatic heterocycles. The Kier molecular flexibility index (Phi) is 5.57. The number of carbonyl (C=O) groups is 1. The molecule has 0 fully saturated rings. The fourth-order valence-corrected chi connectivity index (χ4v) is 3.39. The van der Waals surface area contributed by atoms with Crippen LogP contribution in [0.4, 0.5) is 14.6 Å². The lowest BCUT2D eigenvalue weighted by Crippen LogP contribution is -2.19. The van der Waals surface area contributed by atoms with Gasteiger partial charge in [-0.2, -0.15) is 0 Å². The maximum Gasteiger partial charge on any atom is 0.254 e. The molecule has 0 spiro atoms. The minimum Gasteiger partial charge on any atom is -0.365 e. The number of nitrogens with two attached hydrogens (primary N) is 1. The standard InChI is InChI=1S/C22H20F2N6O/c1-2-3-17(13-4-6-14(23)7-5-13)28-21-16(20(25)31)10-27-22(29-21)18-11-26-19-9-8-15(24)12-30(18)19/h4-12,17H,2-3H2,1H3,(H2,25,31)(H,27,28,29)/t17-/m0/s1. The van der Waals surface area contributed by atoms with Gasteiger partial charge >= 0.3 is 0 Å². The van der Waals surface area contributed by atoms with E-state index in [1.54, 1.807) is 18.2 Å². The van der Waals surface area contributed by atoms with Gasteiger partial charge in [-0.1, -0.05) is 25.5 Å². The summed E-state index contributed by atoms with van der Waals surface area (Å²) in [5.41, 5.74) is 7.48. The predicted molar refractivity (Wildman–Crippen MR) is 112 cm³/mol. The first-order valence-electron chi connectivity index (χ1n) is 9.78. The van der Waals surface area contributed by atoms with Crippen molar-refractivity contribution < 1.29 is 13.6 Å². The van der Waals surface area contributed by atoms with E-state index in [-0.39, 0.29) is 29.1 Å². The first-order valence-corrected chi connectivity index (χ1v) is 9.78. The molecule has 158 valence electrons. The molecule has 4 aromatic rings. The third kappa shape index (κ3) is 4.20. The van der Waals surface area contributed by atoms with Crippen LogP contribution in [0.15, 0.2) is 55.0 Å². The van der Waals surface area contributed by atoms with E-state index in [2.05, 4.69) is 20.3 Å². The van der Waals surface area contributed by atoms with Crippen LogP contribution in [0.3, 0.4) is 0 Å². The van der Waals surface area contributed by atoms with Crippen molar-refractivity contribution in [3.63, 3.8) is 0 Å². The molecular weight excluding hydrogens is 402 g/mol. The second kappa shape index (κ2) is 8.47. The molecule has 7 nitrogen and oxygen atoms in total. The lowest BCUT2D eigenvalue weighted by molar-refractivity contribution is 0.100. The zero-order chi connectivity index (χ0) is 22.0. The summed E-state index contributed by atoms with van der Waals surface area (Å²) >= 11 is 0. The highest BCUT2D eigenvalue weighted by Crippen LogP contribution is 2.27. The Morgan fingerprint density at radius 1 is 1.10 bits per heavy atom. The molecule has 0 unspecified atom stereocenters. The van der Waals surface area contributed by atoms with Gasteiger partial charge in [0.25, 0.3) is 5.91 Å². The number of rotatable bonds is 7. The zero-order valence-electron chi connectivity index (χ0n) is 16.7. The summed E-state index contributed by atoms with van der Waals surface area (Å²) < 4.78 is 28.6. The van der Waals surface area contributed by atoms with Crippen molar-refractivity contribution in [1.29, 1.82) is 0 Å². The van der Waals surface area contributed by atoms with Crippen LogP contribution in [0.25, 0.3) is 17.2 Å². The highest BCUT2D eigenvalue weighted by Gasteiger charge is 2.19. The number of fused-ring (bicyclic) bond motifs is 1. The van der Waals surface area contributed by atoms with Crippen LogP contribution in [0, 0.1) is 11.6 Å². The van der Waals surface area contributed by atoms with Crippen LogP contribution in [-0.4, -0.2) is 25.3 Å². The van der Waals surface area contributed by atoms with Gasteiger partial charge in [0.15, 0.2) is 5.82 Å². The average Bonchev–Trinajstić information content (AvgIpc) is 3.17. The van der Waals surface area contributed by atoms with E-state index in [4.69, 9.17) is 5.73 Å². The Morgan fingerprint density at radius 3 is 2.55 bits per heavy atom. The lowest BCUT2D eigenvalue weighted by Gasteiger charge is -2.21. The van der Waals surface area contributed by atoms with Crippen molar-refractivity contribution in [2.24, 2.45) is 5.73 Å². The predicted octanol–water partition coefficient (Wildman–Crippen LogP) is 4.12. The Bertz CT molecular complexity index is 1240. The first kappa shape index (κ1) is 20.4. The summed E-state index contributed by atoms with van der Waals surface area (Å²) in [5.74, 6) is -0.960. The van der Waals surface area contributed by atoms with Crippen molar-refractivity contribution >= 4 is 17.4 Å². The molecule has 0 aliphatic rings. The maximum absolute atomic E-state index is 13.7. The third-order valence-corrected chi connectivity index (χ3v) is 4.91. The molecular formula is C22H20F2N6O. The van der Waals surface area contributed by atoms with E-state index >= 15 is 0 Å². The van der Waals surface area contributed by atoms with Crippen molar-refractivity contribution in [3.8, 4) is 11.5 Å². The molecule has 0 aliphatic carbocycles.